The third kappa shape index (κ3) is 1.34. The van der Waals surface area contributed by atoms with Gasteiger partial charge in [0.15, 0.2) is 0 Å². The summed E-state index contributed by atoms with van der Waals surface area (Å²) in [7, 11) is 0. The Morgan fingerprint density at radius 3 is 2.20 bits per heavy atom. The molecule has 0 heterocycles. The zero-order valence-corrected chi connectivity index (χ0v) is 7.35. The Balaban J connectivity index is 2.36. The van der Waals surface area contributed by atoms with Crippen molar-refractivity contribution in [3.63, 3.8) is 0 Å². The quantitative estimate of drug-likeness (QED) is 0.639. The molecule has 1 aliphatic rings. The van der Waals surface area contributed by atoms with Crippen LogP contribution in [0, 0.1) is 17.3 Å². The average Bonchev–Trinajstić information content (AvgIpc) is 2.44. The summed E-state index contributed by atoms with van der Waals surface area (Å²) in [6.45, 7) is 7.81. The Morgan fingerprint density at radius 2 is 2.10 bits per heavy atom. The summed E-state index contributed by atoms with van der Waals surface area (Å²) in [4.78, 5) is 0. The smallest absolute Gasteiger partial charge is 0.00461 e. The SMILES string of the molecule is CCC(CN)C1CC1(C)C. The molecule has 1 rings (SSSR count). The molecule has 1 heteroatoms. The fourth-order valence-corrected chi connectivity index (χ4v) is 1.93. The van der Waals surface area contributed by atoms with Crippen LogP contribution in [-0.2, 0) is 0 Å². The van der Waals surface area contributed by atoms with Gasteiger partial charge in [0.05, 0.1) is 0 Å². The van der Waals surface area contributed by atoms with Gasteiger partial charge in [-0.05, 0) is 30.2 Å². The van der Waals surface area contributed by atoms with E-state index >= 15 is 0 Å². The molecule has 1 nitrogen and oxygen atoms in total. The molecule has 1 fully saturated rings. The molecule has 0 bridgehead atoms. The van der Waals surface area contributed by atoms with Gasteiger partial charge in [-0.15, -0.1) is 0 Å². The zero-order valence-electron chi connectivity index (χ0n) is 7.35. The molecule has 0 saturated heterocycles. The molecule has 2 unspecified atom stereocenters. The second kappa shape index (κ2) is 2.54. The van der Waals surface area contributed by atoms with E-state index in [1.807, 2.05) is 0 Å². The normalized spacial score (nSPS) is 31.8. The Kier molecular flexibility index (Phi) is 2.04. The number of rotatable bonds is 3. The van der Waals surface area contributed by atoms with Crippen molar-refractivity contribution < 1.29 is 0 Å². The van der Waals surface area contributed by atoms with Crippen LogP contribution >= 0.6 is 0 Å². The van der Waals surface area contributed by atoms with Crippen LogP contribution in [0.5, 0.6) is 0 Å². The Hall–Kier alpha value is -0.0400. The van der Waals surface area contributed by atoms with E-state index in [4.69, 9.17) is 5.73 Å². The van der Waals surface area contributed by atoms with Crippen LogP contribution in [0.3, 0.4) is 0 Å². The lowest BCUT2D eigenvalue weighted by molar-refractivity contribution is 0.390. The fraction of sp³-hybridized carbons (Fsp3) is 1.00. The van der Waals surface area contributed by atoms with E-state index in [9.17, 15) is 0 Å². The third-order valence-electron chi connectivity index (χ3n) is 2.99. The summed E-state index contributed by atoms with van der Waals surface area (Å²) in [6, 6.07) is 0. The number of hydrogen-bond donors (Lipinski definition) is 1. The molecule has 60 valence electrons. The zero-order chi connectivity index (χ0) is 7.78. The molecular weight excluding hydrogens is 122 g/mol. The van der Waals surface area contributed by atoms with Crippen LogP contribution in [0.15, 0.2) is 0 Å². The summed E-state index contributed by atoms with van der Waals surface area (Å²) in [5.74, 6) is 1.71. The molecule has 2 N–H and O–H groups in total. The van der Waals surface area contributed by atoms with E-state index in [1.165, 1.54) is 12.8 Å². The lowest BCUT2D eigenvalue weighted by Gasteiger charge is -2.13. The summed E-state index contributed by atoms with van der Waals surface area (Å²) >= 11 is 0. The first-order valence-corrected chi connectivity index (χ1v) is 4.32. The van der Waals surface area contributed by atoms with Gasteiger partial charge in [0.1, 0.15) is 0 Å². The van der Waals surface area contributed by atoms with Gasteiger partial charge in [-0.3, -0.25) is 0 Å². The predicted octanol–water partition coefficient (Wildman–Crippen LogP) is 2.02. The molecule has 2 atom stereocenters. The molecule has 0 spiro atoms. The summed E-state index contributed by atoms with van der Waals surface area (Å²) in [6.07, 6.45) is 2.65. The summed E-state index contributed by atoms with van der Waals surface area (Å²) in [5, 5.41) is 0. The molecule has 0 aromatic carbocycles. The predicted molar refractivity (Wildman–Crippen MR) is 44.7 cm³/mol. The van der Waals surface area contributed by atoms with Crippen molar-refractivity contribution in [1.29, 1.82) is 0 Å². The highest BCUT2D eigenvalue weighted by atomic mass is 14.6. The van der Waals surface area contributed by atoms with Crippen molar-refractivity contribution in [1.82, 2.24) is 0 Å². The Labute approximate surface area is 64.0 Å². The van der Waals surface area contributed by atoms with Crippen LogP contribution < -0.4 is 5.73 Å². The minimum atomic E-state index is 0.611. The van der Waals surface area contributed by atoms with Crippen molar-refractivity contribution >= 4 is 0 Å². The van der Waals surface area contributed by atoms with Gasteiger partial charge in [-0.2, -0.15) is 0 Å². The highest BCUT2D eigenvalue weighted by molar-refractivity contribution is 4.98. The molecule has 0 aromatic rings. The Bertz CT molecular complexity index is 114. The molecular formula is C9H19N. The first-order valence-electron chi connectivity index (χ1n) is 4.32. The highest BCUT2D eigenvalue weighted by Crippen LogP contribution is 2.56. The number of nitrogens with two attached hydrogens (primary N) is 1. The molecule has 0 aromatic heterocycles. The molecule has 1 saturated carbocycles. The lowest BCUT2D eigenvalue weighted by Crippen LogP contribution is -2.17. The van der Waals surface area contributed by atoms with E-state index in [0.29, 0.717) is 5.41 Å². The second-order valence-electron chi connectivity index (χ2n) is 4.20. The molecule has 0 radical (unpaired) electrons. The van der Waals surface area contributed by atoms with Crippen LogP contribution in [0.1, 0.15) is 33.6 Å². The van der Waals surface area contributed by atoms with Gasteiger partial charge in [0, 0.05) is 0 Å². The van der Waals surface area contributed by atoms with Crippen molar-refractivity contribution in [2.75, 3.05) is 6.54 Å². The van der Waals surface area contributed by atoms with Crippen molar-refractivity contribution in [3.05, 3.63) is 0 Å². The van der Waals surface area contributed by atoms with E-state index < -0.39 is 0 Å². The molecule has 10 heavy (non-hydrogen) atoms. The van der Waals surface area contributed by atoms with Crippen LogP contribution in [-0.4, -0.2) is 6.54 Å². The highest BCUT2D eigenvalue weighted by Gasteiger charge is 2.48. The minimum Gasteiger partial charge on any atom is -0.330 e. The topological polar surface area (TPSA) is 26.0 Å². The molecule has 1 aliphatic carbocycles. The first kappa shape index (κ1) is 8.06. The maximum Gasteiger partial charge on any atom is -0.00461 e. The van der Waals surface area contributed by atoms with Gasteiger partial charge in [-0.1, -0.05) is 27.2 Å². The summed E-state index contributed by atoms with van der Waals surface area (Å²) in [5.41, 5.74) is 6.26. The van der Waals surface area contributed by atoms with E-state index in [0.717, 1.165) is 18.4 Å². The van der Waals surface area contributed by atoms with Crippen LogP contribution in [0.2, 0.25) is 0 Å². The summed E-state index contributed by atoms with van der Waals surface area (Å²) < 4.78 is 0. The average molecular weight is 141 g/mol. The Morgan fingerprint density at radius 1 is 1.60 bits per heavy atom. The van der Waals surface area contributed by atoms with Crippen LogP contribution in [0.25, 0.3) is 0 Å². The lowest BCUT2D eigenvalue weighted by atomic mass is 9.95. The largest absolute Gasteiger partial charge is 0.330 e. The molecule has 0 amide bonds. The van der Waals surface area contributed by atoms with E-state index in [-0.39, 0.29) is 0 Å². The van der Waals surface area contributed by atoms with Crippen LogP contribution in [0.4, 0.5) is 0 Å². The molecule has 0 aliphatic heterocycles. The maximum atomic E-state index is 5.65. The van der Waals surface area contributed by atoms with Crippen molar-refractivity contribution in [2.45, 2.75) is 33.6 Å². The number of hydrogen-bond acceptors (Lipinski definition) is 1. The fourth-order valence-electron chi connectivity index (χ4n) is 1.93. The van der Waals surface area contributed by atoms with Gasteiger partial charge < -0.3 is 5.73 Å². The van der Waals surface area contributed by atoms with Gasteiger partial charge in [0.25, 0.3) is 0 Å². The van der Waals surface area contributed by atoms with E-state index in [2.05, 4.69) is 20.8 Å². The van der Waals surface area contributed by atoms with Gasteiger partial charge in [0.2, 0.25) is 0 Å². The standard InChI is InChI=1S/C9H19N/c1-4-7(6-10)8-5-9(8,2)3/h7-8H,4-6,10H2,1-3H3. The maximum absolute atomic E-state index is 5.65. The van der Waals surface area contributed by atoms with Crippen molar-refractivity contribution in [3.8, 4) is 0 Å². The van der Waals surface area contributed by atoms with Gasteiger partial charge >= 0.3 is 0 Å². The van der Waals surface area contributed by atoms with Gasteiger partial charge in [-0.25, -0.2) is 0 Å². The van der Waals surface area contributed by atoms with E-state index in [1.54, 1.807) is 0 Å². The van der Waals surface area contributed by atoms with Crippen molar-refractivity contribution in [2.24, 2.45) is 23.0 Å². The monoisotopic (exact) mass is 141 g/mol. The second-order valence-corrected chi connectivity index (χ2v) is 4.20. The third-order valence-corrected chi connectivity index (χ3v) is 2.99. The first-order chi connectivity index (χ1) is 4.61. The minimum absolute atomic E-state index is 0.611.